The Hall–Kier alpha value is -4.13. The summed E-state index contributed by atoms with van der Waals surface area (Å²) in [5, 5.41) is 2.78. The van der Waals surface area contributed by atoms with Crippen LogP contribution < -0.4 is 14.8 Å². The van der Waals surface area contributed by atoms with Gasteiger partial charge in [-0.25, -0.2) is 0 Å². The number of ether oxygens (including phenoxy) is 2. The molecule has 0 aromatic heterocycles. The highest BCUT2D eigenvalue weighted by Gasteiger charge is 2.35. The molecule has 0 aliphatic carbocycles. The molecular formula is C25H22N2O5. The molecule has 3 aromatic carbocycles. The van der Waals surface area contributed by atoms with Crippen molar-refractivity contribution in [2.75, 3.05) is 26.1 Å². The van der Waals surface area contributed by atoms with Gasteiger partial charge in [0.15, 0.2) is 11.5 Å². The van der Waals surface area contributed by atoms with Crippen molar-refractivity contribution in [3.05, 3.63) is 89.0 Å². The number of anilines is 1. The summed E-state index contributed by atoms with van der Waals surface area (Å²) in [6.45, 7) is 0.216. The normalized spacial score (nSPS) is 12.5. The Morgan fingerprint density at radius 2 is 1.56 bits per heavy atom. The lowest BCUT2D eigenvalue weighted by molar-refractivity contribution is 0.0656. The van der Waals surface area contributed by atoms with Crippen molar-refractivity contribution in [1.82, 2.24) is 4.90 Å². The number of para-hydroxylation sites is 1. The zero-order valence-electron chi connectivity index (χ0n) is 17.8. The van der Waals surface area contributed by atoms with Crippen molar-refractivity contribution in [3.63, 3.8) is 0 Å². The molecule has 0 bridgehead atoms. The third-order valence-electron chi connectivity index (χ3n) is 5.34. The fourth-order valence-corrected chi connectivity index (χ4v) is 3.64. The summed E-state index contributed by atoms with van der Waals surface area (Å²) in [5.74, 6) is 0.0862. The average Bonchev–Trinajstić information content (AvgIpc) is 3.07. The Morgan fingerprint density at radius 3 is 2.28 bits per heavy atom. The number of rotatable bonds is 7. The summed E-state index contributed by atoms with van der Waals surface area (Å²) < 4.78 is 10.5. The van der Waals surface area contributed by atoms with E-state index >= 15 is 0 Å². The van der Waals surface area contributed by atoms with E-state index in [2.05, 4.69) is 5.32 Å². The molecule has 1 N–H and O–H groups in total. The van der Waals surface area contributed by atoms with Gasteiger partial charge in [-0.2, -0.15) is 0 Å². The number of hydrogen-bond acceptors (Lipinski definition) is 5. The molecule has 162 valence electrons. The summed E-state index contributed by atoms with van der Waals surface area (Å²) in [6.07, 6.45) is 0.465. The number of methoxy groups -OCH3 is 2. The van der Waals surface area contributed by atoms with E-state index in [1.165, 1.54) is 17.0 Å². The fourth-order valence-electron chi connectivity index (χ4n) is 3.64. The molecule has 1 heterocycles. The van der Waals surface area contributed by atoms with Gasteiger partial charge in [-0.1, -0.05) is 24.3 Å². The van der Waals surface area contributed by atoms with Crippen LogP contribution in [0.2, 0.25) is 0 Å². The second-order valence-corrected chi connectivity index (χ2v) is 7.28. The molecule has 0 unspecified atom stereocenters. The summed E-state index contributed by atoms with van der Waals surface area (Å²) >= 11 is 0. The number of benzene rings is 3. The average molecular weight is 430 g/mol. The molecule has 1 aliphatic rings. The van der Waals surface area contributed by atoms with Crippen LogP contribution >= 0.6 is 0 Å². The van der Waals surface area contributed by atoms with Gasteiger partial charge < -0.3 is 14.8 Å². The lowest BCUT2D eigenvalue weighted by Crippen LogP contribution is -2.31. The number of nitrogens with zero attached hydrogens (tertiary/aromatic N) is 1. The van der Waals surface area contributed by atoms with Gasteiger partial charge in [0, 0.05) is 17.8 Å². The van der Waals surface area contributed by atoms with Crippen molar-refractivity contribution in [2.24, 2.45) is 0 Å². The Morgan fingerprint density at radius 1 is 0.844 bits per heavy atom. The number of carbonyl (C=O) groups excluding carboxylic acids is 3. The quantitative estimate of drug-likeness (QED) is 0.577. The molecule has 4 rings (SSSR count). The zero-order chi connectivity index (χ0) is 22.7. The smallest absolute Gasteiger partial charge is 0.261 e. The third-order valence-corrected chi connectivity index (χ3v) is 5.34. The van der Waals surface area contributed by atoms with E-state index in [1.54, 1.807) is 38.5 Å². The Balaban J connectivity index is 1.48. The molecule has 0 radical (unpaired) electrons. The van der Waals surface area contributed by atoms with E-state index in [4.69, 9.17) is 9.47 Å². The van der Waals surface area contributed by atoms with E-state index in [0.717, 1.165) is 5.56 Å². The molecule has 0 saturated heterocycles. The molecule has 7 heteroatoms. The van der Waals surface area contributed by atoms with E-state index in [0.29, 0.717) is 34.7 Å². The van der Waals surface area contributed by atoms with Gasteiger partial charge in [0.1, 0.15) is 0 Å². The highest BCUT2D eigenvalue weighted by atomic mass is 16.5. The summed E-state index contributed by atoms with van der Waals surface area (Å²) in [7, 11) is 3.11. The van der Waals surface area contributed by atoms with Crippen LogP contribution in [0.1, 0.15) is 36.6 Å². The molecule has 3 aromatic rings. The van der Waals surface area contributed by atoms with Gasteiger partial charge in [0.05, 0.1) is 25.3 Å². The number of fused-ring (bicyclic) bond motifs is 1. The highest BCUT2D eigenvalue weighted by molar-refractivity contribution is 6.22. The van der Waals surface area contributed by atoms with Gasteiger partial charge in [-0.3, -0.25) is 19.3 Å². The van der Waals surface area contributed by atoms with Crippen LogP contribution in [-0.4, -0.2) is 43.4 Å². The molecule has 0 saturated carbocycles. The molecule has 1 aliphatic heterocycles. The highest BCUT2D eigenvalue weighted by Crippen LogP contribution is 2.29. The molecule has 0 spiro atoms. The minimum atomic E-state index is -0.403. The second-order valence-electron chi connectivity index (χ2n) is 7.28. The summed E-state index contributed by atoms with van der Waals surface area (Å²) in [4.78, 5) is 39.5. The van der Waals surface area contributed by atoms with E-state index in [9.17, 15) is 14.4 Å². The van der Waals surface area contributed by atoms with Crippen LogP contribution in [0.25, 0.3) is 0 Å². The number of nitrogens with one attached hydrogen (secondary N) is 1. The minimum absolute atomic E-state index is 0.216. The van der Waals surface area contributed by atoms with Gasteiger partial charge in [-0.15, -0.1) is 0 Å². The van der Waals surface area contributed by atoms with E-state index in [-0.39, 0.29) is 23.9 Å². The van der Waals surface area contributed by atoms with Gasteiger partial charge in [0.2, 0.25) is 0 Å². The molecular weight excluding hydrogens is 408 g/mol. The molecule has 3 amide bonds. The van der Waals surface area contributed by atoms with Gasteiger partial charge in [-0.05, 0) is 54.4 Å². The van der Waals surface area contributed by atoms with Crippen LogP contribution in [0.3, 0.4) is 0 Å². The summed E-state index contributed by atoms with van der Waals surface area (Å²) in [5.41, 5.74) is 2.41. The molecule has 0 atom stereocenters. The van der Waals surface area contributed by atoms with E-state index < -0.39 is 5.91 Å². The first kappa shape index (κ1) is 21.1. The fraction of sp³-hybridized carbons (Fsp3) is 0.160. The summed E-state index contributed by atoms with van der Waals surface area (Å²) in [6, 6.07) is 19.1. The SMILES string of the molecule is COc1ccc(CCN2C(=O)c3ccc(C(=O)Nc4ccccc4)cc3C2=O)cc1OC. The minimum Gasteiger partial charge on any atom is -0.493 e. The Labute approximate surface area is 185 Å². The van der Waals surface area contributed by atoms with Crippen molar-refractivity contribution < 1.29 is 23.9 Å². The third kappa shape index (κ3) is 4.05. The largest absolute Gasteiger partial charge is 0.493 e. The topological polar surface area (TPSA) is 84.9 Å². The lowest BCUT2D eigenvalue weighted by Gasteiger charge is -2.14. The van der Waals surface area contributed by atoms with Crippen LogP contribution in [0, 0.1) is 0 Å². The standard InChI is InChI=1S/C25H22N2O5/c1-31-21-11-8-16(14-22(21)32-2)12-13-27-24(29)19-10-9-17(15-20(19)25(27)30)23(28)26-18-6-4-3-5-7-18/h3-11,14-15H,12-13H2,1-2H3,(H,26,28). The molecule has 0 fully saturated rings. The monoisotopic (exact) mass is 430 g/mol. The van der Waals surface area contributed by atoms with Crippen LogP contribution in [0.15, 0.2) is 66.7 Å². The van der Waals surface area contributed by atoms with Crippen LogP contribution in [-0.2, 0) is 6.42 Å². The zero-order valence-corrected chi connectivity index (χ0v) is 17.8. The second kappa shape index (κ2) is 8.93. The van der Waals surface area contributed by atoms with Crippen LogP contribution in [0.4, 0.5) is 5.69 Å². The maximum absolute atomic E-state index is 12.9. The number of amides is 3. The lowest BCUT2D eigenvalue weighted by atomic mass is 10.1. The number of hydrogen-bond donors (Lipinski definition) is 1. The van der Waals surface area contributed by atoms with Crippen molar-refractivity contribution in [1.29, 1.82) is 0 Å². The molecule has 7 nitrogen and oxygen atoms in total. The van der Waals surface area contributed by atoms with Gasteiger partial charge >= 0.3 is 0 Å². The number of imide groups is 1. The first-order valence-corrected chi connectivity index (χ1v) is 10.1. The maximum atomic E-state index is 12.9. The Kier molecular flexibility index (Phi) is 5.89. The first-order chi connectivity index (χ1) is 15.5. The predicted molar refractivity (Wildman–Crippen MR) is 119 cm³/mol. The number of carbonyl (C=O) groups is 3. The van der Waals surface area contributed by atoms with Gasteiger partial charge in [0.25, 0.3) is 17.7 Å². The van der Waals surface area contributed by atoms with Crippen molar-refractivity contribution in [2.45, 2.75) is 6.42 Å². The van der Waals surface area contributed by atoms with Crippen LogP contribution in [0.5, 0.6) is 11.5 Å². The predicted octanol–water partition coefficient (Wildman–Crippen LogP) is 3.79. The van der Waals surface area contributed by atoms with Crippen molar-refractivity contribution in [3.8, 4) is 11.5 Å². The maximum Gasteiger partial charge on any atom is 0.261 e. The van der Waals surface area contributed by atoms with Crippen molar-refractivity contribution >= 4 is 23.4 Å². The van der Waals surface area contributed by atoms with E-state index in [1.807, 2.05) is 30.3 Å². The molecule has 32 heavy (non-hydrogen) atoms. The first-order valence-electron chi connectivity index (χ1n) is 10.1. The Bertz CT molecular complexity index is 1190.